The fourth-order valence-electron chi connectivity index (χ4n) is 1.67. The van der Waals surface area contributed by atoms with E-state index < -0.39 is 5.97 Å². The van der Waals surface area contributed by atoms with Gasteiger partial charge in [-0.3, -0.25) is 4.79 Å². The molecule has 1 amide bonds. The molecule has 6 heteroatoms. The number of hydrogen-bond donors (Lipinski definition) is 2. The van der Waals surface area contributed by atoms with Gasteiger partial charge in [-0.25, -0.2) is 4.79 Å². The van der Waals surface area contributed by atoms with E-state index in [1.165, 1.54) is 19.2 Å². The van der Waals surface area contributed by atoms with Crippen molar-refractivity contribution < 1.29 is 24.2 Å². The molecule has 1 aromatic carbocycles. The molecule has 0 bridgehead atoms. The van der Waals surface area contributed by atoms with E-state index in [-0.39, 0.29) is 24.5 Å². The van der Waals surface area contributed by atoms with Crippen LogP contribution in [0.25, 0.3) is 0 Å². The zero-order valence-corrected chi connectivity index (χ0v) is 11.6. The molecule has 0 saturated heterocycles. The molecule has 1 aromatic rings. The van der Waals surface area contributed by atoms with Crippen LogP contribution in [0.3, 0.4) is 0 Å². The third-order valence-electron chi connectivity index (χ3n) is 2.51. The highest BCUT2D eigenvalue weighted by Gasteiger charge is 2.09. The predicted octanol–water partition coefficient (Wildman–Crippen LogP) is 1.90. The summed E-state index contributed by atoms with van der Waals surface area (Å²) < 4.78 is 10.1. The number of carbonyl (C=O) groups is 2. The molecule has 0 aliphatic heterocycles. The minimum atomic E-state index is -1.05. The Balaban J connectivity index is 2.77. The summed E-state index contributed by atoms with van der Waals surface area (Å²) in [6.45, 7) is 3.03. The van der Waals surface area contributed by atoms with Crippen LogP contribution in [0.2, 0.25) is 0 Å². The van der Waals surface area contributed by atoms with Crippen molar-refractivity contribution in [2.45, 2.75) is 20.0 Å². The number of benzene rings is 1. The molecule has 0 aliphatic rings. The first-order chi connectivity index (χ1) is 9.56. The van der Waals surface area contributed by atoms with E-state index in [0.717, 1.165) is 0 Å². The summed E-state index contributed by atoms with van der Waals surface area (Å²) >= 11 is 0. The highest BCUT2D eigenvalue weighted by atomic mass is 16.5. The standard InChI is InChI=1S/C14H19NO5/c1-3-20-5-4-13(16)15-12-7-10(9-19-2)6-11(8-12)14(17)18/h6-8H,3-5,9H2,1-2H3,(H,15,16)(H,17,18). The first kappa shape index (κ1) is 16.1. The van der Waals surface area contributed by atoms with Gasteiger partial charge in [0, 0.05) is 19.4 Å². The summed E-state index contributed by atoms with van der Waals surface area (Å²) in [6, 6.07) is 4.62. The van der Waals surface area contributed by atoms with E-state index in [1.807, 2.05) is 6.92 Å². The van der Waals surface area contributed by atoms with Gasteiger partial charge in [-0.1, -0.05) is 0 Å². The van der Waals surface area contributed by atoms with Crippen LogP contribution in [0, 0.1) is 0 Å². The van der Waals surface area contributed by atoms with Gasteiger partial charge in [0.1, 0.15) is 0 Å². The van der Waals surface area contributed by atoms with Gasteiger partial charge in [0.05, 0.1) is 25.2 Å². The van der Waals surface area contributed by atoms with Gasteiger partial charge in [0.25, 0.3) is 0 Å². The number of amides is 1. The molecule has 20 heavy (non-hydrogen) atoms. The van der Waals surface area contributed by atoms with Crippen LogP contribution in [0.4, 0.5) is 5.69 Å². The summed E-state index contributed by atoms with van der Waals surface area (Å²) in [5.41, 5.74) is 1.24. The highest BCUT2D eigenvalue weighted by Crippen LogP contribution is 2.16. The number of aromatic carboxylic acids is 1. The summed E-state index contributed by atoms with van der Waals surface area (Å²) in [6.07, 6.45) is 0.227. The van der Waals surface area contributed by atoms with Crippen LogP contribution in [0.1, 0.15) is 29.3 Å². The lowest BCUT2D eigenvalue weighted by atomic mass is 10.1. The van der Waals surface area contributed by atoms with Gasteiger partial charge in [0.2, 0.25) is 5.91 Å². The minimum absolute atomic E-state index is 0.111. The number of methoxy groups -OCH3 is 1. The maximum Gasteiger partial charge on any atom is 0.335 e. The molecule has 0 aromatic heterocycles. The van der Waals surface area contributed by atoms with Crippen molar-refractivity contribution in [2.75, 3.05) is 25.6 Å². The van der Waals surface area contributed by atoms with E-state index in [0.29, 0.717) is 24.5 Å². The predicted molar refractivity (Wildman–Crippen MR) is 73.9 cm³/mol. The summed E-state index contributed by atoms with van der Waals surface area (Å²) in [5, 5.41) is 11.7. The fraction of sp³-hybridized carbons (Fsp3) is 0.429. The molecular weight excluding hydrogens is 262 g/mol. The zero-order valence-electron chi connectivity index (χ0n) is 11.6. The first-order valence-electron chi connectivity index (χ1n) is 6.30. The molecule has 0 fully saturated rings. The molecular formula is C14H19NO5. The molecule has 0 unspecified atom stereocenters. The first-order valence-corrected chi connectivity index (χ1v) is 6.30. The van der Waals surface area contributed by atoms with Crippen LogP contribution in [0.15, 0.2) is 18.2 Å². The fourth-order valence-corrected chi connectivity index (χ4v) is 1.67. The molecule has 0 spiro atoms. The number of hydrogen-bond acceptors (Lipinski definition) is 4. The number of rotatable bonds is 8. The van der Waals surface area contributed by atoms with E-state index in [9.17, 15) is 9.59 Å². The summed E-state index contributed by atoms with van der Waals surface area (Å²) in [5.74, 6) is -1.27. The molecule has 0 atom stereocenters. The smallest absolute Gasteiger partial charge is 0.335 e. The highest BCUT2D eigenvalue weighted by molar-refractivity contribution is 5.94. The average molecular weight is 281 g/mol. The second kappa shape index (κ2) is 8.29. The van der Waals surface area contributed by atoms with Gasteiger partial charge in [-0.05, 0) is 30.7 Å². The number of carbonyl (C=O) groups excluding carboxylic acids is 1. The Labute approximate surface area is 117 Å². The summed E-state index contributed by atoms with van der Waals surface area (Å²) in [4.78, 5) is 22.7. The van der Waals surface area contributed by atoms with Crippen molar-refractivity contribution >= 4 is 17.6 Å². The van der Waals surface area contributed by atoms with Crippen molar-refractivity contribution in [3.05, 3.63) is 29.3 Å². The lowest BCUT2D eigenvalue weighted by Crippen LogP contribution is -2.15. The Bertz CT molecular complexity index is 473. The van der Waals surface area contributed by atoms with Crippen LogP contribution in [0.5, 0.6) is 0 Å². The second-order valence-corrected chi connectivity index (χ2v) is 4.15. The lowest BCUT2D eigenvalue weighted by Gasteiger charge is -2.09. The van der Waals surface area contributed by atoms with Crippen LogP contribution < -0.4 is 5.32 Å². The SMILES string of the molecule is CCOCCC(=O)Nc1cc(COC)cc(C(=O)O)c1. The maximum atomic E-state index is 11.7. The van der Waals surface area contributed by atoms with E-state index in [2.05, 4.69) is 5.32 Å². The van der Waals surface area contributed by atoms with Crippen molar-refractivity contribution in [2.24, 2.45) is 0 Å². The third-order valence-corrected chi connectivity index (χ3v) is 2.51. The minimum Gasteiger partial charge on any atom is -0.478 e. The Kier molecular flexibility index (Phi) is 6.69. The molecule has 2 N–H and O–H groups in total. The van der Waals surface area contributed by atoms with Crippen molar-refractivity contribution in [1.82, 2.24) is 0 Å². The maximum absolute atomic E-state index is 11.7. The van der Waals surface area contributed by atoms with Gasteiger partial charge >= 0.3 is 5.97 Å². The van der Waals surface area contributed by atoms with E-state index in [4.69, 9.17) is 14.6 Å². The molecule has 0 radical (unpaired) electrons. The van der Waals surface area contributed by atoms with Gasteiger partial charge in [0.15, 0.2) is 0 Å². The van der Waals surface area contributed by atoms with Gasteiger partial charge < -0.3 is 19.9 Å². The molecule has 0 heterocycles. The van der Waals surface area contributed by atoms with Crippen molar-refractivity contribution in [3.63, 3.8) is 0 Å². The van der Waals surface area contributed by atoms with Gasteiger partial charge in [-0.2, -0.15) is 0 Å². The Morgan fingerprint density at radius 3 is 2.65 bits per heavy atom. The third kappa shape index (κ3) is 5.38. The van der Waals surface area contributed by atoms with Gasteiger partial charge in [-0.15, -0.1) is 0 Å². The second-order valence-electron chi connectivity index (χ2n) is 4.15. The monoisotopic (exact) mass is 281 g/mol. The van der Waals surface area contributed by atoms with Crippen LogP contribution >= 0.6 is 0 Å². The summed E-state index contributed by atoms with van der Waals surface area (Å²) in [7, 11) is 1.52. The number of carboxylic acids is 1. The normalized spacial score (nSPS) is 10.3. The number of anilines is 1. The molecule has 0 aliphatic carbocycles. The number of carboxylic acid groups (broad SMARTS) is 1. The number of ether oxygens (including phenoxy) is 2. The Morgan fingerprint density at radius 2 is 2.05 bits per heavy atom. The Hall–Kier alpha value is -1.92. The largest absolute Gasteiger partial charge is 0.478 e. The molecule has 6 nitrogen and oxygen atoms in total. The van der Waals surface area contributed by atoms with E-state index >= 15 is 0 Å². The van der Waals surface area contributed by atoms with Crippen LogP contribution in [-0.2, 0) is 20.9 Å². The van der Waals surface area contributed by atoms with Crippen molar-refractivity contribution in [3.8, 4) is 0 Å². The molecule has 110 valence electrons. The quantitative estimate of drug-likeness (QED) is 0.711. The zero-order chi connectivity index (χ0) is 15.0. The average Bonchev–Trinajstić information content (AvgIpc) is 2.39. The van der Waals surface area contributed by atoms with E-state index in [1.54, 1.807) is 6.07 Å². The lowest BCUT2D eigenvalue weighted by molar-refractivity contribution is -0.117. The Morgan fingerprint density at radius 1 is 1.30 bits per heavy atom. The molecule has 0 saturated carbocycles. The topological polar surface area (TPSA) is 84.9 Å². The number of nitrogens with one attached hydrogen (secondary N) is 1. The molecule has 1 rings (SSSR count). The van der Waals surface area contributed by atoms with Crippen molar-refractivity contribution in [1.29, 1.82) is 0 Å². The van der Waals surface area contributed by atoms with Crippen LogP contribution in [-0.4, -0.2) is 37.3 Å².